The first-order chi connectivity index (χ1) is 23.9. The molecule has 2 aliphatic heterocycles. The van der Waals surface area contributed by atoms with Crippen LogP contribution in [-0.2, 0) is 18.6 Å². The molecule has 2 saturated heterocycles. The van der Waals surface area contributed by atoms with Crippen LogP contribution in [0.5, 0.6) is 0 Å². The largest absolute Gasteiger partial charge is 0.495 e. The van der Waals surface area contributed by atoms with Crippen molar-refractivity contribution in [2.75, 3.05) is 26.4 Å². The molecule has 8 aromatic rings. The molecule has 2 fully saturated rings. The zero-order valence-corrected chi connectivity index (χ0v) is 26.3. The molecule has 0 amide bonds. The lowest BCUT2D eigenvalue weighted by molar-refractivity contribution is 0.365. The molecule has 0 bridgehead atoms. The molecule has 228 valence electrons. The topological polar surface area (TPSA) is 36.9 Å². The molecule has 0 aliphatic carbocycles. The van der Waals surface area contributed by atoms with Gasteiger partial charge in [0, 0.05) is 0 Å². The van der Waals surface area contributed by atoms with E-state index in [9.17, 15) is 0 Å². The van der Waals surface area contributed by atoms with Gasteiger partial charge in [-0.2, -0.15) is 0 Å². The molecular formula is C42H30B2O4. The second kappa shape index (κ2) is 11.3. The van der Waals surface area contributed by atoms with Gasteiger partial charge in [0.2, 0.25) is 0 Å². The van der Waals surface area contributed by atoms with E-state index in [-0.39, 0.29) is 14.2 Å². The molecule has 6 heteroatoms. The lowest BCUT2D eigenvalue weighted by Gasteiger charge is -2.21. The predicted molar refractivity (Wildman–Crippen MR) is 199 cm³/mol. The van der Waals surface area contributed by atoms with Crippen molar-refractivity contribution in [3.8, 4) is 22.3 Å². The molecule has 0 spiro atoms. The Morgan fingerprint density at radius 2 is 0.542 bits per heavy atom. The van der Waals surface area contributed by atoms with Crippen LogP contribution in [0.15, 0.2) is 133 Å². The van der Waals surface area contributed by atoms with Crippen molar-refractivity contribution in [2.45, 2.75) is 0 Å². The average molecular weight is 620 g/mol. The van der Waals surface area contributed by atoms with Crippen LogP contribution >= 0.6 is 0 Å². The first kappa shape index (κ1) is 28.1. The van der Waals surface area contributed by atoms with Crippen molar-refractivity contribution in [3.05, 3.63) is 133 Å². The standard InChI is InChI=1S/C42H30B2O4/c1-2-12-28-27(11-1)33(39-29-13-3-7-17-35(29)41(43-45-23-24-46-43)36-18-8-4-14-30(36)39)21-22-34(28)40-31-15-5-9-19-37(31)42(44-47-25-26-48-44)38-20-10-6-16-32(38)40/h1-22H,23-26H2. The summed E-state index contributed by atoms with van der Waals surface area (Å²) in [5.41, 5.74) is 7.09. The van der Waals surface area contributed by atoms with Gasteiger partial charge in [0.25, 0.3) is 0 Å². The Labute approximate surface area is 279 Å². The van der Waals surface area contributed by atoms with Crippen molar-refractivity contribution in [1.82, 2.24) is 0 Å². The Morgan fingerprint density at radius 1 is 0.292 bits per heavy atom. The van der Waals surface area contributed by atoms with Crippen LogP contribution in [-0.4, -0.2) is 40.7 Å². The van der Waals surface area contributed by atoms with Crippen LogP contribution < -0.4 is 10.9 Å². The zero-order valence-electron chi connectivity index (χ0n) is 26.3. The fourth-order valence-corrected chi connectivity index (χ4v) is 8.20. The van der Waals surface area contributed by atoms with Crippen LogP contribution in [0.3, 0.4) is 0 Å². The average Bonchev–Trinajstić information content (AvgIpc) is 3.89. The lowest BCUT2D eigenvalue weighted by Crippen LogP contribution is -2.33. The van der Waals surface area contributed by atoms with Gasteiger partial charge in [0.05, 0.1) is 26.4 Å². The minimum atomic E-state index is -0.377. The summed E-state index contributed by atoms with van der Waals surface area (Å²) in [6, 6.07) is 48.3. The number of hydrogen-bond donors (Lipinski definition) is 0. The van der Waals surface area contributed by atoms with Gasteiger partial charge < -0.3 is 18.6 Å². The summed E-state index contributed by atoms with van der Waals surface area (Å²) in [6.45, 7) is 2.41. The molecule has 10 rings (SSSR count). The van der Waals surface area contributed by atoms with Gasteiger partial charge in [0.15, 0.2) is 0 Å². The minimum absolute atomic E-state index is 0.377. The van der Waals surface area contributed by atoms with E-state index in [1.165, 1.54) is 54.6 Å². The molecule has 8 aromatic carbocycles. The molecule has 0 atom stereocenters. The zero-order chi connectivity index (χ0) is 31.6. The van der Waals surface area contributed by atoms with E-state index in [4.69, 9.17) is 18.6 Å². The first-order valence-electron chi connectivity index (χ1n) is 16.7. The third-order valence-electron chi connectivity index (χ3n) is 10.1. The summed E-state index contributed by atoms with van der Waals surface area (Å²) in [5.74, 6) is 0. The Bertz CT molecular complexity index is 2260. The minimum Gasteiger partial charge on any atom is -0.405 e. The fourth-order valence-electron chi connectivity index (χ4n) is 8.20. The van der Waals surface area contributed by atoms with Gasteiger partial charge >= 0.3 is 14.2 Å². The van der Waals surface area contributed by atoms with Gasteiger partial charge in [0.1, 0.15) is 0 Å². The maximum absolute atomic E-state index is 6.11. The lowest BCUT2D eigenvalue weighted by atomic mass is 9.71. The molecule has 48 heavy (non-hydrogen) atoms. The predicted octanol–water partition coefficient (Wildman–Crippen LogP) is 8.27. The van der Waals surface area contributed by atoms with E-state index < -0.39 is 0 Å². The first-order valence-corrected chi connectivity index (χ1v) is 16.7. The van der Waals surface area contributed by atoms with E-state index in [0.29, 0.717) is 26.4 Å². The number of hydrogen-bond acceptors (Lipinski definition) is 4. The fraction of sp³-hybridized carbons (Fsp3) is 0.0952. The van der Waals surface area contributed by atoms with E-state index >= 15 is 0 Å². The molecule has 0 unspecified atom stereocenters. The Morgan fingerprint density at radius 3 is 0.833 bits per heavy atom. The van der Waals surface area contributed by atoms with Crippen molar-refractivity contribution in [1.29, 1.82) is 0 Å². The van der Waals surface area contributed by atoms with Crippen molar-refractivity contribution < 1.29 is 18.6 Å². The van der Waals surface area contributed by atoms with Gasteiger partial charge in [-0.05, 0) is 87.0 Å². The second-order valence-electron chi connectivity index (χ2n) is 12.6. The molecule has 2 heterocycles. The smallest absolute Gasteiger partial charge is 0.405 e. The van der Waals surface area contributed by atoms with Crippen LogP contribution in [0.2, 0.25) is 0 Å². The number of benzene rings is 8. The van der Waals surface area contributed by atoms with Crippen LogP contribution in [0.4, 0.5) is 0 Å². The highest BCUT2D eigenvalue weighted by Gasteiger charge is 2.33. The Balaban J connectivity index is 1.29. The van der Waals surface area contributed by atoms with Gasteiger partial charge in [-0.1, -0.05) is 133 Å². The summed E-state index contributed by atoms with van der Waals surface area (Å²) in [4.78, 5) is 0. The van der Waals surface area contributed by atoms with E-state index in [1.807, 2.05) is 0 Å². The van der Waals surface area contributed by atoms with Crippen molar-refractivity contribution in [2.24, 2.45) is 0 Å². The highest BCUT2D eigenvalue weighted by Crippen LogP contribution is 2.44. The second-order valence-corrected chi connectivity index (χ2v) is 12.6. The highest BCUT2D eigenvalue weighted by atomic mass is 16.6. The molecular weight excluding hydrogens is 590 g/mol. The Kier molecular flexibility index (Phi) is 6.63. The van der Waals surface area contributed by atoms with E-state index in [1.54, 1.807) is 0 Å². The normalized spacial score (nSPS) is 15.2. The summed E-state index contributed by atoms with van der Waals surface area (Å²) in [5, 5.41) is 11.9. The molecule has 0 radical (unpaired) electrons. The van der Waals surface area contributed by atoms with Crippen molar-refractivity contribution in [3.63, 3.8) is 0 Å². The maximum Gasteiger partial charge on any atom is 0.495 e. The number of rotatable bonds is 4. The quantitative estimate of drug-likeness (QED) is 0.147. The van der Waals surface area contributed by atoms with Crippen LogP contribution in [0.25, 0.3) is 76.1 Å². The summed E-state index contributed by atoms with van der Waals surface area (Å²) < 4.78 is 24.4. The van der Waals surface area contributed by atoms with E-state index in [0.717, 1.165) is 32.5 Å². The van der Waals surface area contributed by atoms with Crippen LogP contribution in [0.1, 0.15) is 0 Å². The van der Waals surface area contributed by atoms with Crippen LogP contribution in [0, 0.1) is 0 Å². The SMILES string of the molecule is c1ccc2c(-c3c4ccccc4c(B4OCCO4)c4ccccc34)ccc(-c3c4ccccc4c(B4OCCO4)c4ccccc34)c2c1. The maximum atomic E-state index is 6.11. The molecule has 0 N–H and O–H groups in total. The van der Waals surface area contributed by atoms with E-state index in [2.05, 4.69) is 133 Å². The van der Waals surface area contributed by atoms with Crippen molar-refractivity contribution >= 4 is 79.0 Å². The van der Waals surface area contributed by atoms with Gasteiger partial charge in [-0.3, -0.25) is 0 Å². The summed E-state index contributed by atoms with van der Waals surface area (Å²) in [6.07, 6.45) is 0. The summed E-state index contributed by atoms with van der Waals surface area (Å²) >= 11 is 0. The molecule has 0 saturated carbocycles. The third kappa shape index (κ3) is 4.21. The molecule has 0 aromatic heterocycles. The highest BCUT2D eigenvalue weighted by molar-refractivity contribution is 6.69. The van der Waals surface area contributed by atoms with Gasteiger partial charge in [-0.25, -0.2) is 0 Å². The third-order valence-corrected chi connectivity index (χ3v) is 10.1. The van der Waals surface area contributed by atoms with Gasteiger partial charge in [-0.15, -0.1) is 0 Å². The molecule has 2 aliphatic rings. The number of fused-ring (bicyclic) bond motifs is 5. The Hall–Kier alpha value is -4.97. The monoisotopic (exact) mass is 620 g/mol. The molecule has 4 nitrogen and oxygen atoms in total. The summed E-state index contributed by atoms with van der Waals surface area (Å²) in [7, 11) is -0.755.